The predicted octanol–water partition coefficient (Wildman–Crippen LogP) is 1.14. The van der Waals surface area contributed by atoms with Crippen LogP contribution in [0, 0.1) is 5.92 Å². The first-order valence-electron chi connectivity index (χ1n) is 7.03. The second kappa shape index (κ2) is 5.79. The molecule has 1 aliphatic carbocycles. The van der Waals surface area contributed by atoms with Crippen molar-refractivity contribution in [2.24, 2.45) is 5.92 Å². The Morgan fingerprint density at radius 2 is 1.95 bits per heavy atom. The summed E-state index contributed by atoms with van der Waals surface area (Å²) in [5.41, 5.74) is 0. The molecule has 3 unspecified atom stereocenters. The minimum Gasteiger partial charge on any atom is -0.481 e. The van der Waals surface area contributed by atoms with Crippen molar-refractivity contribution in [3.8, 4) is 0 Å². The lowest BCUT2D eigenvalue weighted by molar-refractivity contribution is -0.144. The smallest absolute Gasteiger partial charge is 0.307 e. The zero-order valence-corrected chi connectivity index (χ0v) is 12.2. The van der Waals surface area contributed by atoms with Crippen molar-refractivity contribution in [3.05, 3.63) is 0 Å². The summed E-state index contributed by atoms with van der Waals surface area (Å²) in [7, 11) is -2.97. The molecule has 1 saturated carbocycles. The van der Waals surface area contributed by atoms with Crippen LogP contribution < -0.4 is 0 Å². The van der Waals surface area contributed by atoms with Crippen LogP contribution in [-0.2, 0) is 14.6 Å². The van der Waals surface area contributed by atoms with E-state index in [9.17, 15) is 13.2 Å². The highest BCUT2D eigenvalue weighted by Crippen LogP contribution is 2.30. The van der Waals surface area contributed by atoms with Gasteiger partial charge in [0.15, 0.2) is 0 Å². The van der Waals surface area contributed by atoms with Gasteiger partial charge >= 0.3 is 5.97 Å². The van der Waals surface area contributed by atoms with E-state index in [4.69, 9.17) is 5.11 Å². The molecule has 1 heterocycles. The van der Waals surface area contributed by atoms with Crippen molar-refractivity contribution < 1.29 is 18.3 Å². The van der Waals surface area contributed by atoms with Gasteiger partial charge in [0.25, 0.3) is 0 Å². The topological polar surface area (TPSA) is 74.7 Å². The number of rotatable bonds is 3. The third kappa shape index (κ3) is 3.69. The number of piperidine rings is 1. The van der Waals surface area contributed by atoms with Crippen LogP contribution in [-0.4, -0.2) is 55.0 Å². The second-order valence-corrected chi connectivity index (χ2v) is 8.27. The third-order valence-electron chi connectivity index (χ3n) is 4.52. The van der Waals surface area contributed by atoms with Gasteiger partial charge in [-0.15, -0.1) is 0 Å². The molecule has 0 radical (unpaired) electrons. The molecule has 0 amide bonds. The Bertz CT molecular complexity index is 434. The SMILES string of the molecule is CS(=O)(=O)C1CCCC(N2CCCC(C(=O)O)C2)C1. The highest BCUT2D eigenvalue weighted by molar-refractivity contribution is 7.91. The Hall–Kier alpha value is -0.620. The Labute approximate surface area is 114 Å². The van der Waals surface area contributed by atoms with E-state index >= 15 is 0 Å². The summed E-state index contributed by atoms with van der Waals surface area (Å²) in [6.45, 7) is 1.49. The van der Waals surface area contributed by atoms with Crippen molar-refractivity contribution in [2.45, 2.75) is 49.8 Å². The van der Waals surface area contributed by atoms with Crippen molar-refractivity contribution in [1.82, 2.24) is 4.90 Å². The zero-order valence-electron chi connectivity index (χ0n) is 11.4. The maximum atomic E-state index is 11.7. The highest BCUT2D eigenvalue weighted by Gasteiger charge is 2.35. The van der Waals surface area contributed by atoms with Gasteiger partial charge in [0.1, 0.15) is 9.84 Å². The molecule has 19 heavy (non-hydrogen) atoms. The minimum atomic E-state index is -2.97. The molecule has 110 valence electrons. The molecule has 0 aromatic carbocycles. The van der Waals surface area contributed by atoms with E-state index in [0.717, 1.165) is 38.6 Å². The van der Waals surface area contributed by atoms with Crippen LogP contribution in [0.5, 0.6) is 0 Å². The summed E-state index contributed by atoms with van der Waals surface area (Å²) in [5, 5.41) is 8.87. The van der Waals surface area contributed by atoms with Gasteiger partial charge in [0, 0.05) is 18.8 Å². The molecular weight excluding hydrogens is 266 g/mol. The molecule has 2 aliphatic rings. The van der Waals surface area contributed by atoms with E-state index in [2.05, 4.69) is 4.90 Å². The van der Waals surface area contributed by atoms with E-state index < -0.39 is 15.8 Å². The zero-order chi connectivity index (χ0) is 14.0. The standard InChI is InChI=1S/C13H23NO4S/c1-19(17,18)12-6-2-5-11(8-12)14-7-3-4-10(9-14)13(15)16/h10-12H,2-9H2,1H3,(H,15,16). The number of likely N-dealkylation sites (tertiary alicyclic amines) is 1. The Kier molecular flexibility index (Phi) is 4.50. The molecule has 0 bridgehead atoms. The number of sulfone groups is 1. The van der Waals surface area contributed by atoms with E-state index in [0.29, 0.717) is 13.0 Å². The molecule has 1 aliphatic heterocycles. The molecule has 3 atom stereocenters. The van der Waals surface area contributed by atoms with E-state index in [1.165, 1.54) is 6.26 Å². The molecule has 1 N–H and O–H groups in total. The molecule has 2 fully saturated rings. The van der Waals surface area contributed by atoms with Crippen molar-refractivity contribution in [1.29, 1.82) is 0 Å². The lowest BCUT2D eigenvalue weighted by atomic mass is 9.90. The van der Waals surface area contributed by atoms with Gasteiger partial charge in [-0.2, -0.15) is 0 Å². The number of carboxylic acids is 1. The maximum Gasteiger partial charge on any atom is 0.307 e. The lowest BCUT2D eigenvalue weighted by Gasteiger charge is -2.40. The monoisotopic (exact) mass is 289 g/mol. The summed E-state index contributed by atoms with van der Waals surface area (Å²) in [6, 6.07) is 0.246. The normalized spacial score (nSPS) is 34.1. The molecular formula is C13H23NO4S. The first-order valence-corrected chi connectivity index (χ1v) is 8.99. The van der Waals surface area contributed by atoms with Crippen LogP contribution in [0.25, 0.3) is 0 Å². The maximum absolute atomic E-state index is 11.7. The van der Waals surface area contributed by atoms with Crippen molar-refractivity contribution in [3.63, 3.8) is 0 Å². The van der Waals surface area contributed by atoms with Gasteiger partial charge in [0.05, 0.1) is 11.2 Å². The first kappa shape index (κ1) is 14.8. The molecule has 5 nitrogen and oxygen atoms in total. The molecule has 1 saturated heterocycles. The van der Waals surface area contributed by atoms with Crippen molar-refractivity contribution >= 4 is 15.8 Å². The molecule has 0 spiro atoms. The van der Waals surface area contributed by atoms with Gasteiger partial charge in [-0.25, -0.2) is 8.42 Å². The highest BCUT2D eigenvalue weighted by atomic mass is 32.2. The van der Waals surface area contributed by atoms with Crippen LogP contribution in [0.1, 0.15) is 38.5 Å². The van der Waals surface area contributed by atoms with Gasteiger partial charge in [-0.3, -0.25) is 9.69 Å². The second-order valence-electron chi connectivity index (χ2n) is 5.94. The molecule has 2 rings (SSSR count). The number of hydrogen-bond donors (Lipinski definition) is 1. The van der Waals surface area contributed by atoms with Crippen LogP contribution >= 0.6 is 0 Å². The van der Waals surface area contributed by atoms with Crippen LogP contribution in [0.15, 0.2) is 0 Å². The number of carboxylic acid groups (broad SMARTS) is 1. The molecule has 0 aromatic heterocycles. The number of nitrogens with zero attached hydrogens (tertiary/aromatic N) is 1. The minimum absolute atomic E-state index is 0.239. The van der Waals surface area contributed by atoms with E-state index in [1.807, 2.05) is 0 Å². The van der Waals surface area contributed by atoms with Crippen LogP contribution in [0.4, 0.5) is 0 Å². The number of aliphatic carboxylic acids is 1. The van der Waals surface area contributed by atoms with Gasteiger partial charge in [0.2, 0.25) is 0 Å². The van der Waals surface area contributed by atoms with Crippen molar-refractivity contribution in [2.75, 3.05) is 19.3 Å². The molecule has 0 aromatic rings. The number of hydrogen-bond acceptors (Lipinski definition) is 4. The van der Waals surface area contributed by atoms with E-state index in [-0.39, 0.29) is 17.2 Å². The van der Waals surface area contributed by atoms with E-state index in [1.54, 1.807) is 0 Å². The van der Waals surface area contributed by atoms with Gasteiger partial charge in [-0.05, 0) is 38.6 Å². The first-order chi connectivity index (χ1) is 8.88. The van der Waals surface area contributed by atoms with Crippen LogP contribution in [0.3, 0.4) is 0 Å². The fraction of sp³-hybridized carbons (Fsp3) is 0.923. The third-order valence-corrected chi connectivity index (χ3v) is 6.16. The fourth-order valence-electron chi connectivity index (χ4n) is 3.38. The summed E-state index contributed by atoms with van der Waals surface area (Å²) in [6.07, 6.45) is 6.31. The Morgan fingerprint density at radius 1 is 1.21 bits per heavy atom. The largest absolute Gasteiger partial charge is 0.481 e. The Balaban J connectivity index is 1.99. The average Bonchev–Trinajstić information content (AvgIpc) is 2.38. The average molecular weight is 289 g/mol. The molecule has 6 heteroatoms. The summed E-state index contributed by atoms with van der Waals surface area (Å²) < 4.78 is 23.3. The number of carbonyl (C=O) groups is 1. The quantitative estimate of drug-likeness (QED) is 0.843. The summed E-state index contributed by atoms with van der Waals surface area (Å²) >= 11 is 0. The van der Waals surface area contributed by atoms with Crippen LogP contribution in [0.2, 0.25) is 0 Å². The van der Waals surface area contributed by atoms with Gasteiger partial charge in [-0.1, -0.05) is 6.42 Å². The predicted molar refractivity (Wildman–Crippen MR) is 72.8 cm³/mol. The lowest BCUT2D eigenvalue weighted by Crippen LogP contribution is -2.47. The van der Waals surface area contributed by atoms with Gasteiger partial charge < -0.3 is 5.11 Å². The fourth-order valence-corrected chi connectivity index (χ4v) is 4.55. The summed E-state index contributed by atoms with van der Waals surface area (Å²) in [5.74, 6) is -1.01. The Morgan fingerprint density at radius 3 is 2.58 bits per heavy atom. The summed E-state index contributed by atoms with van der Waals surface area (Å²) in [4.78, 5) is 13.3.